The smallest absolute Gasteiger partial charge is 0.435 e. The molecule has 0 aromatic carbocycles. The first-order valence-corrected chi connectivity index (χ1v) is 19.1. The molecule has 0 unspecified atom stereocenters. The van der Waals surface area contributed by atoms with E-state index < -0.39 is 47.0 Å². The van der Waals surface area contributed by atoms with Gasteiger partial charge in [-0.3, -0.25) is 4.79 Å². The van der Waals surface area contributed by atoms with Crippen LogP contribution in [0.25, 0.3) is 22.9 Å². The van der Waals surface area contributed by atoms with E-state index in [0.717, 1.165) is 12.8 Å². The fourth-order valence-electron chi connectivity index (χ4n) is 6.07. The number of ether oxygens (including phenoxy) is 4. The number of carbonyl (C=O) groups excluding carboxylic acids is 5. The summed E-state index contributed by atoms with van der Waals surface area (Å²) in [7, 11) is 1.58. The standard InChI is InChI=1S/C41H55N7O9/c1-13-54-35(50)25-20-23(2)42-29(25)21-26-32-28(44-34(26)49)17-16-27(43-32)31-30(45-48(33(31)24-14-15-24)38(53)57-41(9,10)11)22-47(37(52)56-40(6,7)8)19-18-46(12)36(51)55-39(3,4)5/h16-17,20-21,24,42H,13-15,18-19,22H2,1-12H3,(H,44,49)/b26-21-. The minimum absolute atomic E-state index is 0.0312. The van der Waals surface area contributed by atoms with Crippen LogP contribution in [0.15, 0.2) is 18.2 Å². The maximum Gasteiger partial charge on any atom is 0.435 e. The number of hydrogen-bond donors (Lipinski definition) is 2. The van der Waals surface area contributed by atoms with Gasteiger partial charge in [-0.2, -0.15) is 9.78 Å². The van der Waals surface area contributed by atoms with Crippen molar-refractivity contribution in [1.82, 2.24) is 29.5 Å². The van der Waals surface area contributed by atoms with Crippen molar-refractivity contribution >= 4 is 47.5 Å². The van der Waals surface area contributed by atoms with Crippen molar-refractivity contribution in [1.29, 1.82) is 0 Å². The van der Waals surface area contributed by atoms with Crippen LogP contribution in [0, 0.1) is 6.92 Å². The average Bonchev–Trinajstić information content (AvgIpc) is 3.63. The summed E-state index contributed by atoms with van der Waals surface area (Å²) in [5.41, 5.74) is 1.71. The Morgan fingerprint density at radius 1 is 0.930 bits per heavy atom. The number of likely N-dealkylation sites (N-methyl/N-ethyl adjacent to an activating group) is 1. The number of nitrogens with one attached hydrogen (secondary N) is 2. The first-order chi connectivity index (χ1) is 26.4. The van der Waals surface area contributed by atoms with Crippen LogP contribution in [0.4, 0.5) is 20.1 Å². The lowest BCUT2D eigenvalue weighted by molar-refractivity contribution is -0.110. The van der Waals surface area contributed by atoms with Gasteiger partial charge in [0.15, 0.2) is 0 Å². The summed E-state index contributed by atoms with van der Waals surface area (Å²) in [4.78, 5) is 77.7. The maximum absolute atomic E-state index is 13.8. The van der Waals surface area contributed by atoms with Crippen molar-refractivity contribution in [3.8, 4) is 11.3 Å². The zero-order valence-electron chi connectivity index (χ0n) is 35.0. The van der Waals surface area contributed by atoms with Gasteiger partial charge in [-0.1, -0.05) is 0 Å². The van der Waals surface area contributed by atoms with E-state index in [1.54, 1.807) is 107 Å². The molecule has 57 heavy (non-hydrogen) atoms. The first kappa shape index (κ1) is 42.5. The first-order valence-electron chi connectivity index (χ1n) is 19.1. The molecule has 308 valence electrons. The second-order valence-electron chi connectivity index (χ2n) is 17.3. The Balaban J connectivity index is 1.63. The van der Waals surface area contributed by atoms with Crippen molar-refractivity contribution in [2.75, 3.05) is 32.1 Å². The van der Waals surface area contributed by atoms with Crippen LogP contribution < -0.4 is 5.32 Å². The lowest BCUT2D eigenvalue weighted by Gasteiger charge is -2.29. The van der Waals surface area contributed by atoms with Crippen molar-refractivity contribution in [3.05, 3.63) is 52.2 Å². The van der Waals surface area contributed by atoms with Gasteiger partial charge in [-0.25, -0.2) is 24.2 Å². The number of H-pyrrole nitrogens is 1. The molecule has 2 aliphatic rings. The van der Waals surface area contributed by atoms with E-state index in [0.29, 0.717) is 45.4 Å². The number of fused-ring (bicyclic) bond motifs is 1. The van der Waals surface area contributed by atoms with Crippen molar-refractivity contribution < 1.29 is 42.9 Å². The van der Waals surface area contributed by atoms with Crippen molar-refractivity contribution in [2.45, 2.75) is 118 Å². The number of anilines is 1. The number of pyridine rings is 1. The zero-order chi connectivity index (χ0) is 42.2. The number of aromatic nitrogens is 4. The third kappa shape index (κ3) is 10.6. The molecule has 16 nitrogen and oxygen atoms in total. The number of amides is 3. The van der Waals surface area contributed by atoms with Crippen LogP contribution in [-0.4, -0.2) is 103 Å². The normalized spacial score (nSPS) is 14.9. The Morgan fingerprint density at radius 2 is 1.56 bits per heavy atom. The van der Waals surface area contributed by atoms with Crippen LogP contribution in [0.3, 0.4) is 0 Å². The van der Waals surface area contributed by atoms with Crippen LogP contribution in [0.5, 0.6) is 0 Å². The van der Waals surface area contributed by atoms with Gasteiger partial charge < -0.3 is 39.0 Å². The molecule has 0 radical (unpaired) electrons. The van der Waals surface area contributed by atoms with E-state index in [-0.39, 0.29) is 43.3 Å². The predicted molar refractivity (Wildman–Crippen MR) is 213 cm³/mol. The van der Waals surface area contributed by atoms with Gasteiger partial charge in [-0.15, -0.1) is 0 Å². The fraction of sp³-hybridized carbons (Fsp3) is 0.537. The number of hydrogen-bond acceptors (Lipinski definition) is 11. The van der Waals surface area contributed by atoms with Crippen LogP contribution in [0.2, 0.25) is 0 Å². The lowest BCUT2D eigenvalue weighted by atomic mass is 10.0. The highest BCUT2D eigenvalue weighted by Crippen LogP contribution is 2.46. The van der Waals surface area contributed by atoms with Gasteiger partial charge in [-0.05, 0) is 113 Å². The number of aryl methyl sites for hydroxylation is 1. The molecule has 0 saturated heterocycles. The zero-order valence-corrected chi connectivity index (χ0v) is 35.0. The number of nitrogens with zero attached hydrogens (tertiary/aromatic N) is 5. The topological polar surface area (TPSA) is 187 Å². The maximum atomic E-state index is 13.8. The highest BCUT2D eigenvalue weighted by molar-refractivity contribution is 6.34. The molecule has 0 spiro atoms. The van der Waals surface area contributed by atoms with Crippen LogP contribution in [-0.2, 0) is 30.3 Å². The monoisotopic (exact) mass is 789 g/mol. The molecule has 4 heterocycles. The lowest BCUT2D eigenvalue weighted by Crippen LogP contribution is -2.43. The van der Waals surface area contributed by atoms with Crippen molar-refractivity contribution in [3.63, 3.8) is 0 Å². The Hall–Kier alpha value is -5.67. The molecule has 0 bridgehead atoms. The molecule has 0 atom stereocenters. The highest BCUT2D eigenvalue weighted by atomic mass is 16.6. The van der Waals surface area contributed by atoms with Gasteiger partial charge in [0.1, 0.15) is 22.5 Å². The summed E-state index contributed by atoms with van der Waals surface area (Å²) in [5, 5.41) is 7.65. The van der Waals surface area contributed by atoms with Crippen molar-refractivity contribution in [2.24, 2.45) is 0 Å². The number of aromatic amines is 1. The third-order valence-electron chi connectivity index (χ3n) is 8.59. The summed E-state index contributed by atoms with van der Waals surface area (Å²) >= 11 is 0. The summed E-state index contributed by atoms with van der Waals surface area (Å²) in [6.07, 6.45) is 1.20. The molecular weight excluding hydrogens is 734 g/mol. The Morgan fingerprint density at radius 3 is 2.16 bits per heavy atom. The molecule has 3 aromatic rings. The largest absolute Gasteiger partial charge is 0.462 e. The van der Waals surface area contributed by atoms with Gasteiger partial charge in [0.05, 0.1) is 52.8 Å². The number of esters is 1. The quantitative estimate of drug-likeness (QED) is 0.118. The molecule has 16 heteroatoms. The SMILES string of the molecule is CCOC(=O)c1cc(C)[nH]c1/C=C1\C(=O)Nc2ccc(-c3c(CN(CCN(C)C(=O)OC(C)(C)C)C(=O)OC(C)(C)C)nn(C(=O)OC(C)(C)C)c3C3CC3)nc21. The van der Waals surface area contributed by atoms with E-state index >= 15 is 0 Å². The van der Waals surface area contributed by atoms with Crippen LogP contribution >= 0.6 is 0 Å². The van der Waals surface area contributed by atoms with Gasteiger partial charge in [0.2, 0.25) is 0 Å². The molecule has 1 saturated carbocycles. The predicted octanol–water partition coefficient (Wildman–Crippen LogP) is 7.52. The van der Waals surface area contributed by atoms with E-state index in [2.05, 4.69) is 10.3 Å². The molecule has 3 aromatic heterocycles. The van der Waals surface area contributed by atoms with Gasteiger partial charge in [0.25, 0.3) is 5.91 Å². The Labute approximate surface area is 333 Å². The Bertz CT molecular complexity index is 2090. The van der Waals surface area contributed by atoms with Crippen LogP contribution in [0.1, 0.15) is 127 Å². The molecule has 1 fully saturated rings. The minimum Gasteiger partial charge on any atom is -0.462 e. The number of rotatable bonds is 10. The number of carbonyl (C=O) groups is 5. The van der Waals surface area contributed by atoms with E-state index in [4.69, 9.17) is 29.0 Å². The van der Waals surface area contributed by atoms with Gasteiger partial charge in [0, 0.05) is 37.3 Å². The average molecular weight is 790 g/mol. The summed E-state index contributed by atoms with van der Waals surface area (Å²) < 4.78 is 23.6. The van der Waals surface area contributed by atoms with E-state index in [1.807, 2.05) is 0 Å². The molecule has 1 aliphatic carbocycles. The second-order valence-corrected chi connectivity index (χ2v) is 17.3. The minimum atomic E-state index is -0.848. The molecule has 5 rings (SSSR count). The Kier molecular flexibility index (Phi) is 12.0. The highest BCUT2D eigenvalue weighted by Gasteiger charge is 2.39. The third-order valence-corrected chi connectivity index (χ3v) is 8.59. The van der Waals surface area contributed by atoms with E-state index in [9.17, 15) is 24.0 Å². The summed E-state index contributed by atoms with van der Waals surface area (Å²) in [6, 6.07) is 5.10. The summed E-state index contributed by atoms with van der Waals surface area (Å²) in [5.74, 6) is -1.02. The van der Waals surface area contributed by atoms with E-state index in [1.165, 1.54) is 14.5 Å². The summed E-state index contributed by atoms with van der Waals surface area (Å²) in [6.45, 7) is 19.5. The van der Waals surface area contributed by atoms with Gasteiger partial charge >= 0.3 is 24.2 Å². The molecule has 2 N–H and O–H groups in total. The second kappa shape index (κ2) is 16.1. The fourth-order valence-corrected chi connectivity index (χ4v) is 6.07. The molecule has 3 amide bonds. The molecule has 1 aliphatic heterocycles. The molecular formula is C41H55N7O9.